The Morgan fingerprint density at radius 3 is 2.39 bits per heavy atom. The molecule has 1 amide bonds. The Bertz CT molecular complexity index is 518. The first-order valence-corrected chi connectivity index (χ1v) is 4.62. The SMILES string of the molecule is NNC(=O)c1c(Cl)cc(C(F)(F)F)cc1[N+](=O)[O-]. The molecule has 1 rings (SSSR count). The molecule has 1 aromatic rings. The van der Waals surface area contributed by atoms with Gasteiger partial charge in [0.05, 0.1) is 15.5 Å². The zero-order chi connectivity index (χ0) is 14.1. The number of nitrogens with zero attached hydrogens (tertiary/aromatic N) is 1. The largest absolute Gasteiger partial charge is 0.416 e. The monoisotopic (exact) mass is 283 g/mol. The van der Waals surface area contributed by atoms with Gasteiger partial charge in [0.15, 0.2) is 0 Å². The van der Waals surface area contributed by atoms with E-state index in [0.717, 1.165) is 0 Å². The van der Waals surface area contributed by atoms with E-state index in [-0.39, 0.29) is 6.07 Å². The molecule has 6 nitrogen and oxygen atoms in total. The molecule has 0 bridgehead atoms. The highest BCUT2D eigenvalue weighted by Crippen LogP contribution is 2.36. The van der Waals surface area contributed by atoms with Crippen LogP contribution < -0.4 is 11.3 Å². The third-order valence-corrected chi connectivity index (χ3v) is 2.25. The zero-order valence-corrected chi connectivity index (χ0v) is 9.17. The molecule has 0 aliphatic heterocycles. The maximum absolute atomic E-state index is 12.4. The predicted molar refractivity (Wildman–Crippen MR) is 54.8 cm³/mol. The molecular formula is C8H5ClF3N3O3. The fraction of sp³-hybridized carbons (Fsp3) is 0.125. The fourth-order valence-corrected chi connectivity index (χ4v) is 1.50. The van der Waals surface area contributed by atoms with Gasteiger partial charge in [-0.1, -0.05) is 11.6 Å². The average Bonchev–Trinajstić information content (AvgIpc) is 2.25. The molecule has 0 fully saturated rings. The van der Waals surface area contributed by atoms with Gasteiger partial charge in [-0.25, -0.2) is 5.84 Å². The molecule has 0 saturated carbocycles. The van der Waals surface area contributed by atoms with Crippen molar-refractivity contribution in [3.8, 4) is 0 Å². The van der Waals surface area contributed by atoms with Gasteiger partial charge >= 0.3 is 6.18 Å². The fourth-order valence-electron chi connectivity index (χ4n) is 1.20. The first kappa shape index (κ1) is 14.2. The summed E-state index contributed by atoms with van der Waals surface area (Å²) in [4.78, 5) is 20.7. The molecule has 0 heterocycles. The van der Waals surface area contributed by atoms with Gasteiger partial charge in [0.25, 0.3) is 11.6 Å². The third-order valence-electron chi connectivity index (χ3n) is 1.95. The highest BCUT2D eigenvalue weighted by Gasteiger charge is 2.35. The number of alkyl halides is 3. The number of nitrogen functional groups attached to an aromatic ring is 1. The number of carbonyl (C=O) groups excluding carboxylic acids is 1. The van der Waals surface area contributed by atoms with E-state index in [1.54, 1.807) is 5.43 Å². The number of hydrazine groups is 1. The second-order valence-electron chi connectivity index (χ2n) is 3.08. The van der Waals surface area contributed by atoms with Gasteiger partial charge in [-0.15, -0.1) is 0 Å². The number of nitro benzene ring substituents is 1. The van der Waals surface area contributed by atoms with Crippen molar-refractivity contribution < 1.29 is 22.9 Å². The lowest BCUT2D eigenvalue weighted by atomic mass is 10.1. The standard InChI is InChI=1S/C8H5ClF3N3O3/c9-4-1-3(8(10,11)12)2-5(15(17)18)6(4)7(16)14-13/h1-2H,13H2,(H,14,16). The van der Waals surface area contributed by atoms with Gasteiger partial charge in [-0.3, -0.25) is 20.3 Å². The summed E-state index contributed by atoms with van der Waals surface area (Å²) in [6.45, 7) is 0. The van der Waals surface area contributed by atoms with Crippen LogP contribution in [0.25, 0.3) is 0 Å². The van der Waals surface area contributed by atoms with E-state index in [2.05, 4.69) is 0 Å². The van der Waals surface area contributed by atoms with Crippen LogP contribution in [0.1, 0.15) is 15.9 Å². The van der Waals surface area contributed by atoms with Crippen LogP contribution in [-0.2, 0) is 6.18 Å². The topological polar surface area (TPSA) is 98.3 Å². The summed E-state index contributed by atoms with van der Waals surface area (Å²) in [5, 5.41) is 9.92. The maximum atomic E-state index is 12.4. The van der Waals surface area contributed by atoms with Gasteiger partial charge in [0.2, 0.25) is 0 Å². The Morgan fingerprint density at radius 1 is 1.44 bits per heavy atom. The van der Waals surface area contributed by atoms with Crippen molar-refractivity contribution in [2.24, 2.45) is 5.84 Å². The van der Waals surface area contributed by atoms with E-state index in [1.165, 1.54) is 0 Å². The molecule has 0 aromatic heterocycles. The van der Waals surface area contributed by atoms with E-state index < -0.39 is 38.8 Å². The zero-order valence-electron chi connectivity index (χ0n) is 8.42. The third kappa shape index (κ3) is 2.68. The minimum Gasteiger partial charge on any atom is -0.290 e. The molecular weight excluding hydrogens is 279 g/mol. The molecule has 0 unspecified atom stereocenters. The number of nitrogens with one attached hydrogen (secondary N) is 1. The number of hydrogen-bond donors (Lipinski definition) is 2. The van der Waals surface area contributed by atoms with E-state index >= 15 is 0 Å². The average molecular weight is 284 g/mol. The van der Waals surface area contributed by atoms with Crippen molar-refractivity contribution in [3.63, 3.8) is 0 Å². The van der Waals surface area contributed by atoms with Gasteiger partial charge in [-0.05, 0) is 6.07 Å². The predicted octanol–water partition coefficient (Wildman–Crippen LogP) is 1.87. The summed E-state index contributed by atoms with van der Waals surface area (Å²) in [6.07, 6.45) is -4.81. The summed E-state index contributed by atoms with van der Waals surface area (Å²) in [5.74, 6) is 3.61. The Labute approximate surface area is 103 Å². The van der Waals surface area contributed by atoms with Crippen molar-refractivity contribution in [1.82, 2.24) is 5.43 Å². The van der Waals surface area contributed by atoms with E-state index in [0.29, 0.717) is 6.07 Å². The maximum Gasteiger partial charge on any atom is 0.416 e. The summed E-state index contributed by atoms with van der Waals surface area (Å²) in [6, 6.07) is 0.635. The number of halogens is 4. The number of rotatable bonds is 2. The molecule has 0 saturated heterocycles. The van der Waals surface area contributed by atoms with Crippen LogP contribution in [0.4, 0.5) is 18.9 Å². The molecule has 0 aliphatic rings. The van der Waals surface area contributed by atoms with Crippen molar-refractivity contribution in [2.45, 2.75) is 6.18 Å². The lowest BCUT2D eigenvalue weighted by Gasteiger charge is -2.09. The number of carbonyl (C=O) groups is 1. The van der Waals surface area contributed by atoms with E-state index in [9.17, 15) is 28.1 Å². The van der Waals surface area contributed by atoms with E-state index in [1.807, 2.05) is 0 Å². The number of nitrogens with two attached hydrogens (primary N) is 1. The Hall–Kier alpha value is -1.87. The number of hydrogen-bond acceptors (Lipinski definition) is 4. The van der Waals surface area contributed by atoms with E-state index in [4.69, 9.17) is 17.4 Å². The van der Waals surface area contributed by atoms with Crippen molar-refractivity contribution in [2.75, 3.05) is 0 Å². The normalized spacial score (nSPS) is 11.2. The second-order valence-corrected chi connectivity index (χ2v) is 3.49. The second kappa shape index (κ2) is 4.78. The highest BCUT2D eigenvalue weighted by molar-refractivity contribution is 6.34. The molecule has 3 N–H and O–H groups in total. The Balaban J connectivity index is 3.56. The van der Waals surface area contributed by atoms with Gasteiger partial charge in [0, 0.05) is 6.07 Å². The minimum atomic E-state index is -4.81. The highest BCUT2D eigenvalue weighted by atomic mass is 35.5. The molecule has 18 heavy (non-hydrogen) atoms. The Kier molecular flexibility index (Phi) is 3.77. The summed E-state index contributed by atoms with van der Waals surface area (Å²) in [5.41, 5.74) is -1.56. The van der Waals surface area contributed by atoms with Crippen molar-refractivity contribution in [3.05, 3.63) is 38.4 Å². The molecule has 10 heteroatoms. The molecule has 0 aliphatic carbocycles. The minimum absolute atomic E-state index is 0.219. The molecule has 0 radical (unpaired) electrons. The number of nitro groups is 1. The van der Waals surface area contributed by atoms with Gasteiger partial charge < -0.3 is 0 Å². The number of amides is 1. The van der Waals surface area contributed by atoms with Crippen LogP contribution in [0.3, 0.4) is 0 Å². The van der Waals surface area contributed by atoms with Gasteiger partial charge in [0.1, 0.15) is 5.56 Å². The first-order chi connectivity index (χ1) is 8.18. The van der Waals surface area contributed by atoms with Crippen molar-refractivity contribution >= 4 is 23.2 Å². The molecule has 1 aromatic carbocycles. The smallest absolute Gasteiger partial charge is 0.290 e. The van der Waals surface area contributed by atoms with Crippen LogP contribution in [0.5, 0.6) is 0 Å². The van der Waals surface area contributed by atoms with Crippen LogP contribution in [0.2, 0.25) is 5.02 Å². The quantitative estimate of drug-likeness (QED) is 0.374. The summed E-state index contributed by atoms with van der Waals surface area (Å²) < 4.78 is 37.3. The van der Waals surface area contributed by atoms with Crippen LogP contribution >= 0.6 is 11.6 Å². The van der Waals surface area contributed by atoms with Crippen LogP contribution in [0.15, 0.2) is 12.1 Å². The van der Waals surface area contributed by atoms with Gasteiger partial charge in [-0.2, -0.15) is 13.2 Å². The molecule has 98 valence electrons. The lowest BCUT2D eigenvalue weighted by molar-refractivity contribution is -0.385. The van der Waals surface area contributed by atoms with Crippen LogP contribution in [0, 0.1) is 10.1 Å². The lowest BCUT2D eigenvalue weighted by Crippen LogP contribution is -2.31. The number of benzene rings is 1. The first-order valence-electron chi connectivity index (χ1n) is 4.24. The van der Waals surface area contributed by atoms with Crippen LogP contribution in [-0.4, -0.2) is 10.8 Å². The molecule has 0 spiro atoms. The molecule has 0 atom stereocenters. The summed E-state index contributed by atoms with van der Waals surface area (Å²) in [7, 11) is 0. The summed E-state index contributed by atoms with van der Waals surface area (Å²) >= 11 is 5.44. The Morgan fingerprint density at radius 2 is 2.00 bits per heavy atom. The van der Waals surface area contributed by atoms with Crippen molar-refractivity contribution in [1.29, 1.82) is 0 Å².